The molecule has 11 heteroatoms. The third kappa shape index (κ3) is 2.80. The van der Waals surface area contributed by atoms with Crippen molar-refractivity contribution in [1.82, 2.24) is 15.1 Å². The van der Waals surface area contributed by atoms with E-state index in [4.69, 9.17) is 14.2 Å². The maximum atomic E-state index is 13.8. The molecule has 0 radical (unpaired) electrons. The number of rotatable bonds is 2. The summed E-state index contributed by atoms with van der Waals surface area (Å²) in [5, 5.41) is 10.7. The van der Waals surface area contributed by atoms with Gasteiger partial charge in [0.05, 0.1) is 20.2 Å². The van der Waals surface area contributed by atoms with Crippen molar-refractivity contribution in [2.45, 2.75) is 12.2 Å². The van der Waals surface area contributed by atoms with Gasteiger partial charge in [0.15, 0.2) is 23.8 Å². The van der Waals surface area contributed by atoms with Gasteiger partial charge in [-0.3, -0.25) is 5.32 Å². The maximum Gasteiger partial charge on any atom is 0.323 e. The molecule has 1 aromatic heterocycles. The number of anilines is 1. The second-order valence-electron chi connectivity index (χ2n) is 5.41. The highest BCUT2D eigenvalue weighted by Gasteiger charge is 2.43. The Bertz CT molecular complexity index is 794. The van der Waals surface area contributed by atoms with Crippen LogP contribution in [-0.4, -0.2) is 53.5 Å². The summed E-state index contributed by atoms with van der Waals surface area (Å²) < 4.78 is 43.5. The van der Waals surface area contributed by atoms with Crippen LogP contribution in [0, 0.1) is 11.6 Å². The SMILES string of the molecule is COc1nnc(NC(=O)N2C[C@@H]3Oc4c(F)ccc(F)c4O[C@@H]3C2)s1. The molecule has 25 heavy (non-hydrogen) atoms. The smallest absolute Gasteiger partial charge is 0.323 e. The summed E-state index contributed by atoms with van der Waals surface area (Å²) in [6.45, 7) is 0.337. The molecule has 1 fully saturated rings. The normalized spacial score (nSPS) is 21.0. The number of ether oxygens (including phenoxy) is 3. The molecule has 0 bridgehead atoms. The number of nitrogens with one attached hydrogen (secondary N) is 1. The Hall–Kier alpha value is -2.69. The van der Waals surface area contributed by atoms with Crippen LogP contribution < -0.4 is 19.5 Å². The van der Waals surface area contributed by atoms with Gasteiger partial charge in [-0.2, -0.15) is 0 Å². The predicted molar refractivity (Wildman–Crippen MR) is 82.2 cm³/mol. The monoisotopic (exact) mass is 370 g/mol. The summed E-state index contributed by atoms with van der Waals surface area (Å²) in [6.07, 6.45) is -1.17. The molecule has 1 aromatic carbocycles. The van der Waals surface area contributed by atoms with E-state index < -0.39 is 29.9 Å². The van der Waals surface area contributed by atoms with Gasteiger partial charge in [-0.15, -0.1) is 5.10 Å². The van der Waals surface area contributed by atoms with Gasteiger partial charge in [-0.1, -0.05) is 5.10 Å². The number of carbonyl (C=O) groups excluding carboxylic acids is 1. The van der Waals surface area contributed by atoms with Crippen LogP contribution in [0.3, 0.4) is 0 Å². The number of likely N-dealkylation sites (tertiary alicyclic amines) is 1. The van der Waals surface area contributed by atoms with Gasteiger partial charge in [0, 0.05) is 0 Å². The Morgan fingerprint density at radius 1 is 1.24 bits per heavy atom. The molecule has 1 N–H and O–H groups in total. The number of fused-ring (bicyclic) bond motifs is 2. The Labute approximate surface area is 144 Å². The number of benzene rings is 1. The molecule has 2 aliphatic heterocycles. The summed E-state index contributed by atoms with van der Waals surface area (Å²) in [5.41, 5.74) is 0. The van der Waals surface area contributed by atoms with Crippen molar-refractivity contribution in [3.05, 3.63) is 23.8 Å². The van der Waals surface area contributed by atoms with Crippen molar-refractivity contribution in [3.63, 3.8) is 0 Å². The second kappa shape index (κ2) is 5.99. The van der Waals surface area contributed by atoms with Crippen LogP contribution in [-0.2, 0) is 0 Å². The molecule has 1 saturated heterocycles. The van der Waals surface area contributed by atoms with E-state index in [9.17, 15) is 13.6 Å². The lowest BCUT2D eigenvalue weighted by molar-refractivity contribution is 0.0467. The fourth-order valence-electron chi connectivity index (χ4n) is 2.69. The number of amides is 2. The molecular formula is C14H12F2N4O4S. The van der Waals surface area contributed by atoms with Gasteiger partial charge < -0.3 is 19.1 Å². The fraction of sp³-hybridized carbons (Fsp3) is 0.357. The highest BCUT2D eigenvalue weighted by atomic mass is 32.1. The third-order valence-electron chi connectivity index (χ3n) is 3.85. The van der Waals surface area contributed by atoms with Crippen molar-refractivity contribution in [2.75, 3.05) is 25.5 Å². The van der Waals surface area contributed by atoms with E-state index in [2.05, 4.69) is 15.5 Å². The highest BCUT2D eigenvalue weighted by molar-refractivity contribution is 7.17. The standard InChI is InChI=1S/C14H12F2N4O4S/c1-22-14-19-18-12(25-14)17-13(21)20-4-8-9(5-20)24-11-7(16)3-2-6(15)10(11)23-8/h2-3,8-9H,4-5H2,1H3,(H,17,18,21)/t8-,9+. The molecule has 0 saturated carbocycles. The van der Waals surface area contributed by atoms with Crippen molar-refractivity contribution in [2.24, 2.45) is 0 Å². The largest absolute Gasteiger partial charge is 0.478 e. The molecule has 2 amide bonds. The Morgan fingerprint density at radius 3 is 2.36 bits per heavy atom. The molecule has 132 valence electrons. The molecule has 2 aliphatic rings. The van der Waals surface area contributed by atoms with E-state index >= 15 is 0 Å². The lowest BCUT2D eigenvalue weighted by Gasteiger charge is -2.28. The van der Waals surface area contributed by atoms with E-state index in [1.807, 2.05) is 0 Å². The Morgan fingerprint density at radius 2 is 1.84 bits per heavy atom. The number of urea groups is 1. The molecule has 0 aliphatic carbocycles. The van der Waals surface area contributed by atoms with Gasteiger partial charge in [0.1, 0.15) is 0 Å². The van der Waals surface area contributed by atoms with Crippen molar-refractivity contribution >= 4 is 22.5 Å². The molecule has 2 aromatic rings. The van der Waals surface area contributed by atoms with Crippen LogP contribution in [0.15, 0.2) is 12.1 Å². The first-order valence-electron chi connectivity index (χ1n) is 7.30. The number of nitrogens with zero attached hydrogens (tertiary/aromatic N) is 3. The quantitative estimate of drug-likeness (QED) is 0.869. The second-order valence-corrected chi connectivity index (χ2v) is 6.35. The number of hydrogen-bond donors (Lipinski definition) is 1. The first kappa shape index (κ1) is 15.8. The lowest BCUT2D eigenvalue weighted by Crippen LogP contribution is -2.39. The number of carbonyl (C=O) groups is 1. The van der Waals surface area contributed by atoms with Gasteiger partial charge in [-0.05, 0) is 23.5 Å². The zero-order valence-corrected chi connectivity index (χ0v) is 13.7. The average molecular weight is 370 g/mol. The Kier molecular flexibility index (Phi) is 3.79. The van der Waals surface area contributed by atoms with Gasteiger partial charge in [0.25, 0.3) is 5.19 Å². The minimum absolute atomic E-state index is 0.168. The van der Waals surface area contributed by atoms with Gasteiger partial charge in [0.2, 0.25) is 16.6 Å². The number of halogens is 2. The maximum absolute atomic E-state index is 13.8. The van der Waals surface area contributed by atoms with Crippen LogP contribution >= 0.6 is 11.3 Å². The molecule has 0 unspecified atom stereocenters. The molecule has 3 heterocycles. The molecule has 4 rings (SSSR count). The van der Waals surface area contributed by atoms with Crippen LogP contribution in [0.1, 0.15) is 0 Å². The highest BCUT2D eigenvalue weighted by Crippen LogP contribution is 2.40. The van der Waals surface area contributed by atoms with Crippen LogP contribution in [0.4, 0.5) is 18.7 Å². The van der Waals surface area contributed by atoms with E-state index in [1.165, 1.54) is 12.0 Å². The molecule has 8 nitrogen and oxygen atoms in total. The van der Waals surface area contributed by atoms with E-state index in [0.29, 0.717) is 5.19 Å². The van der Waals surface area contributed by atoms with Gasteiger partial charge >= 0.3 is 6.03 Å². The van der Waals surface area contributed by atoms with Crippen LogP contribution in [0.25, 0.3) is 0 Å². The fourth-order valence-corrected chi connectivity index (χ4v) is 3.24. The van der Waals surface area contributed by atoms with Crippen molar-refractivity contribution < 1.29 is 27.8 Å². The molecular weight excluding hydrogens is 358 g/mol. The summed E-state index contributed by atoms with van der Waals surface area (Å²) in [4.78, 5) is 13.7. The van der Waals surface area contributed by atoms with Crippen molar-refractivity contribution in [3.8, 4) is 16.7 Å². The lowest BCUT2D eigenvalue weighted by atomic mass is 10.2. The molecule has 0 spiro atoms. The van der Waals surface area contributed by atoms with E-state index in [1.54, 1.807) is 0 Å². The Balaban J connectivity index is 1.46. The minimum Gasteiger partial charge on any atom is -0.478 e. The third-order valence-corrected chi connectivity index (χ3v) is 4.65. The van der Waals surface area contributed by atoms with Gasteiger partial charge in [-0.25, -0.2) is 13.6 Å². The first-order valence-corrected chi connectivity index (χ1v) is 8.11. The minimum atomic E-state index is -0.710. The van der Waals surface area contributed by atoms with Crippen LogP contribution in [0.2, 0.25) is 0 Å². The average Bonchev–Trinajstić information content (AvgIpc) is 3.23. The summed E-state index contributed by atoms with van der Waals surface area (Å²) in [7, 11) is 1.45. The first-order chi connectivity index (χ1) is 12.0. The summed E-state index contributed by atoms with van der Waals surface area (Å²) >= 11 is 1.07. The van der Waals surface area contributed by atoms with E-state index in [0.717, 1.165) is 23.5 Å². The van der Waals surface area contributed by atoms with Crippen LogP contribution in [0.5, 0.6) is 16.7 Å². The predicted octanol–water partition coefficient (Wildman–Crippen LogP) is 1.88. The zero-order chi connectivity index (χ0) is 17.6. The van der Waals surface area contributed by atoms with Crippen molar-refractivity contribution in [1.29, 1.82) is 0 Å². The topological polar surface area (TPSA) is 85.8 Å². The number of aromatic nitrogens is 2. The molecule has 2 atom stereocenters. The number of hydrogen-bond acceptors (Lipinski definition) is 7. The number of methoxy groups -OCH3 is 1. The van der Waals surface area contributed by atoms with E-state index in [-0.39, 0.29) is 29.7 Å². The zero-order valence-electron chi connectivity index (χ0n) is 12.9. The summed E-state index contributed by atoms with van der Waals surface area (Å²) in [6, 6.07) is 1.51. The summed E-state index contributed by atoms with van der Waals surface area (Å²) in [5.74, 6) is -1.95.